The van der Waals surface area contributed by atoms with E-state index in [-0.39, 0.29) is 30.0 Å². The highest BCUT2D eigenvalue weighted by Crippen LogP contribution is 2.38. The van der Waals surface area contributed by atoms with Crippen molar-refractivity contribution >= 4 is 32.7 Å². The minimum Gasteiger partial charge on any atom is -0.383 e. The molecule has 0 spiro atoms. The highest BCUT2D eigenvalue weighted by molar-refractivity contribution is 7.90. The standard InChI is InChI=1S/C25H25FN6O4S/c1-32(8-9-36-2)37(34,35)31-21-5-3-4-18(22(21)26)23(33)20-14-30-25-19(20)10-16(11-29-25)17-12-27-24(28-13-17)15-6-7-15/h3-5,10-15,31H,6-9H2,1-2H3,(H,29,30). The fourth-order valence-corrected chi connectivity index (χ4v) is 4.78. The molecule has 1 aromatic carbocycles. The van der Waals surface area contributed by atoms with E-state index in [1.165, 1.54) is 38.6 Å². The molecule has 192 valence electrons. The molecule has 0 saturated heterocycles. The zero-order chi connectivity index (χ0) is 26.2. The quantitative estimate of drug-likeness (QED) is 0.304. The normalized spacial score (nSPS) is 13.8. The van der Waals surface area contributed by atoms with E-state index in [9.17, 15) is 13.2 Å². The molecule has 1 aliphatic carbocycles. The predicted molar refractivity (Wildman–Crippen MR) is 136 cm³/mol. The molecule has 0 amide bonds. The summed E-state index contributed by atoms with van der Waals surface area (Å²) in [5.41, 5.74) is 1.52. The molecule has 3 heterocycles. The zero-order valence-corrected chi connectivity index (χ0v) is 21.0. The Bertz CT molecular complexity index is 1570. The lowest BCUT2D eigenvalue weighted by molar-refractivity contribution is 0.103. The summed E-state index contributed by atoms with van der Waals surface area (Å²) in [6.45, 7) is 0.247. The van der Waals surface area contributed by atoms with Crippen LogP contribution in [0.15, 0.2) is 49.1 Å². The smallest absolute Gasteiger partial charge is 0.301 e. The predicted octanol–water partition coefficient (Wildman–Crippen LogP) is 3.50. The van der Waals surface area contributed by atoms with Crippen molar-refractivity contribution in [3.05, 3.63) is 71.8 Å². The average molecular weight is 525 g/mol. The minimum atomic E-state index is -4.06. The first kappa shape index (κ1) is 24.9. The van der Waals surface area contributed by atoms with E-state index in [0.29, 0.717) is 22.5 Å². The van der Waals surface area contributed by atoms with Gasteiger partial charge in [0.15, 0.2) is 11.6 Å². The van der Waals surface area contributed by atoms with Gasteiger partial charge in [0, 0.05) is 73.5 Å². The highest BCUT2D eigenvalue weighted by Gasteiger charge is 2.26. The third-order valence-electron chi connectivity index (χ3n) is 6.23. The van der Waals surface area contributed by atoms with Crippen molar-refractivity contribution in [2.45, 2.75) is 18.8 Å². The van der Waals surface area contributed by atoms with Crippen LogP contribution in [0, 0.1) is 5.82 Å². The Balaban J connectivity index is 1.44. The summed E-state index contributed by atoms with van der Waals surface area (Å²) in [7, 11) is -1.26. The summed E-state index contributed by atoms with van der Waals surface area (Å²) in [6.07, 6.45) is 8.79. The Kier molecular flexibility index (Phi) is 6.71. The minimum absolute atomic E-state index is 0.0745. The molecule has 0 radical (unpaired) electrons. The molecule has 1 saturated carbocycles. The second-order valence-corrected chi connectivity index (χ2v) is 10.6. The number of pyridine rings is 1. The maximum absolute atomic E-state index is 15.4. The van der Waals surface area contributed by atoms with E-state index in [2.05, 4.69) is 24.7 Å². The summed E-state index contributed by atoms with van der Waals surface area (Å²) in [5, 5.41) is 0.499. The van der Waals surface area contributed by atoms with Crippen molar-refractivity contribution in [2.75, 3.05) is 32.0 Å². The number of aromatic amines is 1. The van der Waals surface area contributed by atoms with Crippen LogP contribution in [0.3, 0.4) is 0 Å². The fourth-order valence-electron chi connectivity index (χ4n) is 3.88. The van der Waals surface area contributed by atoms with Crippen LogP contribution < -0.4 is 4.72 Å². The number of hydrogen-bond acceptors (Lipinski definition) is 7. The van der Waals surface area contributed by atoms with Gasteiger partial charge in [-0.05, 0) is 31.0 Å². The maximum atomic E-state index is 15.4. The lowest BCUT2D eigenvalue weighted by Crippen LogP contribution is -2.35. The van der Waals surface area contributed by atoms with Gasteiger partial charge in [-0.15, -0.1) is 0 Å². The molecular weight excluding hydrogens is 499 g/mol. The number of fused-ring (bicyclic) bond motifs is 1. The topological polar surface area (TPSA) is 130 Å². The molecule has 4 aromatic rings. The number of ether oxygens (including phenoxy) is 1. The van der Waals surface area contributed by atoms with E-state index in [1.54, 1.807) is 24.7 Å². The summed E-state index contributed by atoms with van der Waals surface area (Å²) in [5.74, 6) is -0.328. The van der Waals surface area contributed by atoms with Gasteiger partial charge in [-0.3, -0.25) is 9.52 Å². The van der Waals surface area contributed by atoms with Gasteiger partial charge >= 0.3 is 10.2 Å². The number of carbonyl (C=O) groups is 1. The Morgan fingerprint density at radius 3 is 2.59 bits per heavy atom. The lowest BCUT2D eigenvalue weighted by Gasteiger charge is -2.18. The lowest BCUT2D eigenvalue weighted by atomic mass is 10.0. The molecule has 0 atom stereocenters. The van der Waals surface area contributed by atoms with Crippen molar-refractivity contribution in [1.82, 2.24) is 24.2 Å². The van der Waals surface area contributed by atoms with Crippen molar-refractivity contribution in [1.29, 1.82) is 0 Å². The number of benzene rings is 1. The number of likely N-dealkylation sites (N-methyl/N-ethyl adjacent to an activating group) is 1. The van der Waals surface area contributed by atoms with Crippen molar-refractivity contribution < 1.29 is 22.3 Å². The van der Waals surface area contributed by atoms with Crippen molar-refractivity contribution in [3.63, 3.8) is 0 Å². The average Bonchev–Trinajstić information content (AvgIpc) is 3.67. The van der Waals surface area contributed by atoms with Gasteiger partial charge in [-0.2, -0.15) is 12.7 Å². The number of anilines is 1. The molecule has 1 aliphatic rings. The van der Waals surface area contributed by atoms with Crippen LogP contribution in [-0.4, -0.2) is 65.8 Å². The van der Waals surface area contributed by atoms with Gasteiger partial charge < -0.3 is 9.72 Å². The number of hydrogen-bond donors (Lipinski definition) is 2. The number of aromatic nitrogens is 4. The molecule has 10 nitrogen and oxygen atoms in total. The first-order valence-electron chi connectivity index (χ1n) is 11.6. The van der Waals surface area contributed by atoms with E-state index in [1.807, 2.05) is 0 Å². The Morgan fingerprint density at radius 2 is 1.89 bits per heavy atom. The van der Waals surface area contributed by atoms with Crippen LogP contribution in [0.1, 0.15) is 40.5 Å². The third kappa shape index (κ3) is 5.08. The molecule has 5 rings (SSSR count). The second kappa shape index (κ2) is 9.96. The number of nitrogens with zero attached hydrogens (tertiary/aromatic N) is 4. The molecule has 0 bridgehead atoms. The van der Waals surface area contributed by atoms with Gasteiger partial charge in [0.2, 0.25) is 0 Å². The molecule has 3 aromatic heterocycles. The van der Waals surface area contributed by atoms with Crippen LogP contribution in [0.5, 0.6) is 0 Å². The van der Waals surface area contributed by atoms with Gasteiger partial charge in [-0.1, -0.05) is 6.07 Å². The van der Waals surface area contributed by atoms with Gasteiger partial charge in [0.1, 0.15) is 11.5 Å². The molecule has 37 heavy (non-hydrogen) atoms. The molecule has 12 heteroatoms. The second-order valence-electron chi connectivity index (χ2n) is 8.84. The molecule has 1 fully saturated rings. The van der Waals surface area contributed by atoms with E-state index in [0.717, 1.165) is 28.5 Å². The third-order valence-corrected chi connectivity index (χ3v) is 7.71. The largest absolute Gasteiger partial charge is 0.383 e. The number of ketones is 1. The highest BCUT2D eigenvalue weighted by atomic mass is 32.2. The number of nitrogens with one attached hydrogen (secondary N) is 2. The summed E-state index contributed by atoms with van der Waals surface area (Å²) in [4.78, 5) is 29.6. The monoisotopic (exact) mass is 524 g/mol. The molecule has 0 unspecified atom stereocenters. The van der Waals surface area contributed by atoms with Crippen molar-refractivity contribution in [3.8, 4) is 11.1 Å². The van der Waals surface area contributed by atoms with Crippen LogP contribution in [0.2, 0.25) is 0 Å². The molecular formula is C25H25FN6O4S. The summed E-state index contributed by atoms with van der Waals surface area (Å²) >= 11 is 0. The summed E-state index contributed by atoms with van der Waals surface area (Å²) < 4.78 is 48.6. The van der Waals surface area contributed by atoms with Gasteiger partial charge in [0.05, 0.1) is 17.9 Å². The number of rotatable bonds is 10. The van der Waals surface area contributed by atoms with Crippen LogP contribution >= 0.6 is 0 Å². The maximum Gasteiger partial charge on any atom is 0.301 e. The molecule has 0 aliphatic heterocycles. The van der Waals surface area contributed by atoms with Crippen LogP contribution in [-0.2, 0) is 14.9 Å². The van der Waals surface area contributed by atoms with Crippen LogP contribution in [0.25, 0.3) is 22.2 Å². The Morgan fingerprint density at radius 1 is 1.16 bits per heavy atom. The molecule has 2 N–H and O–H groups in total. The number of methoxy groups -OCH3 is 1. The number of carbonyl (C=O) groups excluding carboxylic acids is 1. The summed E-state index contributed by atoms with van der Waals surface area (Å²) in [6, 6.07) is 5.76. The number of halogens is 1. The first-order chi connectivity index (χ1) is 17.8. The van der Waals surface area contributed by atoms with E-state index >= 15 is 4.39 Å². The first-order valence-corrected chi connectivity index (χ1v) is 13.1. The van der Waals surface area contributed by atoms with Gasteiger partial charge in [0.25, 0.3) is 0 Å². The Labute approximate surface area is 213 Å². The zero-order valence-electron chi connectivity index (χ0n) is 20.2. The number of H-pyrrole nitrogens is 1. The van der Waals surface area contributed by atoms with E-state index < -0.39 is 21.8 Å². The van der Waals surface area contributed by atoms with Gasteiger partial charge in [-0.25, -0.2) is 19.3 Å². The fraction of sp³-hybridized carbons (Fsp3) is 0.280. The Hall–Kier alpha value is -3.74. The SMILES string of the molecule is COCCN(C)S(=O)(=O)Nc1cccc(C(=O)c2c[nH]c3ncc(-c4cnc(C5CC5)nc4)cc23)c1F. The van der Waals surface area contributed by atoms with E-state index in [4.69, 9.17) is 4.74 Å². The van der Waals surface area contributed by atoms with Crippen LogP contribution in [0.4, 0.5) is 10.1 Å². The van der Waals surface area contributed by atoms with Crippen molar-refractivity contribution in [2.24, 2.45) is 0 Å².